The lowest BCUT2D eigenvalue weighted by Crippen LogP contribution is -2.42. The maximum absolute atomic E-state index is 11.3. The van der Waals surface area contributed by atoms with Crippen molar-refractivity contribution in [2.24, 2.45) is 0 Å². The zero-order valence-corrected chi connectivity index (χ0v) is 8.14. The van der Waals surface area contributed by atoms with Crippen molar-refractivity contribution >= 4 is 11.7 Å². The number of hydrogen-bond acceptors (Lipinski definition) is 2. The van der Waals surface area contributed by atoms with Crippen LogP contribution in [0.2, 0.25) is 0 Å². The fourth-order valence-corrected chi connectivity index (χ4v) is 1.63. The maximum Gasteiger partial charge on any atom is 0.220 e. The zero-order valence-electron chi connectivity index (χ0n) is 8.14. The van der Waals surface area contributed by atoms with Gasteiger partial charge in [-0.25, -0.2) is 0 Å². The number of hydrogen-bond donors (Lipinski definition) is 1. The lowest BCUT2D eigenvalue weighted by atomic mass is 9.94. The van der Waals surface area contributed by atoms with Gasteiger partial charge in [-0.3, -0.25) is 9.59 Å². The number of carbonyl (C=O) groups is 2. The summed E-state index contributed by atoms with van der Waals surface area (Å²) >= 11 is 0. The highest BCUT2D eigenvalue weighted by Crippen LogP contribution is 2.14. The number of carbonyl (C=O) groups excluding carboxylic acids is 2. The summed E-state index contributed by atoms with van der Waals surface area (Å²) in [4.78, 5) is 22.5. The van der Waals surface area contributed by atoms with E-state index in [1.165, 1.54) is 0 Å². The molecule has 1 unspecified atom stereocenters. The van der Waals surface area contributed by atoms with Crippen molar-refractivity contribution in [2.75, 3.05) is 0 Å². The van der Waals surface area contributed by atoms with E-state index in [0.29, 0.717) is 12.8 Å². The van der Waals surface area contributed by atoms with Gasteiger partial charge >= 0.3 is 0 Å². The molecule has 1 fully saturated rings. The molecule has 1 atom stereocenters. The molecule has 0 heterocycles. The molecule has 3 nitrogen and oxygen atoms in total. The van der Waals surface area contributed by atoms with E-state index in [-0.39, 0.29) is 17.7 Å². The van der Waals surface area contributed by atoms with Crippen LogP contribution in [0.5, 0.6) is 0 Å². The van der Waals surface area contributed by atoms with Gasteiger partial charge in [0, 0.05) is 12.8 Å². The summed E-state index contributed by atoms with van der Waals surface area (Å²) in [6.07, 6.45) is 4.88. The van der Waals surface area contributed by atoms with Crippen molar-refractivity contribution in [3.63, 3.8) is 0 Å². The largest absolute Gasteiger partial charge is 0.346 e. The van der Waals surface area contributed by atoms with Crippen molar-refractivity contribution in [1.82, 2.24) is 5.32 Å². The Morgan fingerprint density at radius 2 is 2.31 bits per heavy atom. The Hall–Kier alpha value is -0.860. The predicted octanol–water partition coefficient (Wildman–Crippen LogP) is 1.41. The highest BCUT2D eigenvalue weighted by molar-refractivity contribution is 5.89. The van der Waals surface area contributed by atoms with E-state index in [0.717, 1.165) is 25.7 Å². The van der Waals surface area contributed by atoms with Crippen LogP contribution in [0.15, 0.2) is 0 Å². The molecule has 1 aliphatic carbocycles. The third-order valence-electron chi connectivity index (χ3n) is 2.37. The Morgan fingerprint density at radius 1 is 1.54 bits per heavy atom. The quantitative estimate of drug-likeness (QED) is 0.719. The van der Waals surface area contributed by atoms with Gasteiger partial charge in [-0.15, -0.1) is 0 Å². The van der Waals surface area contributed by atoms with Gasteiger partial charge in [0.05, 0.1) is 6.04 Å². The van der Waals surface area contributed by atoms with Crippen LogP contribution in [-0.4, -0.2) is 17.7 Å². The molecular formula is C10H17NO2. The lowest BCUT2D eigenvalue weighted by molar-refractivity contribution is -0.128. The summed E-state index contributed by atoms with van der Waals surface area (Å²) in [5.41, 5.74) is 0. The van der Waals surface area contributed by atoms with Crippen molar-refractivity contribution in [3.8, 4) is 0 Å². The van der Waals surface area contributed by atoms with Crippen LogP contribution < -0.4 is 5.32 Å². The summed E-state index contributed by atoms with van der Waals surface area (Å²) in [5, 5.41) is 2.78. The Bertz CT molecular complexity index is 201. The predicted molar refractivity (Wildman–Crippen MR) is 50.3 cm³/mol. The van der Waals surface area contributed by atoms with E-state index >= 15 is 0 Å². The first kappa shape index (κ1) is 10.2. The molecule has 1 aliphatic rings. The second-order valence-corrected chi connectivity index (χ2v) is 3.58. The third kappa shape index (κ3) is 3.17. The normalized spacial score (nSPS) is 22.8. The van der Waals surface area contributed by atoms with E-state index < -0.39 is 0 Å². The average molecular weight is 183 g/mol. The number of Topliss-reactive ketones (excluding diaryl/α,β-unsaturated/α-hetero) is 1. The van der Waals surface area contributed by atoms with Crippen molar-refractivity contribution < 1.29 is 9.59 Å². The summed E-state index contributed by atoms with van der Waals surface area (Å²) in [5.74, 6) is 0.221. The standard InChI is InChI=1S/C10H17NO2/c1-2-5-10(13)11-8-6-3-4-7-9(8)12/h8H,2-7H2,1H3,(H,11,13). The maximum atomic E-state index is 11.3. The summed E-state index contributed by atoms with van der Waals surface area (Å²) in [6.45, 7) is 1.96. The molecule has 1 rings (SSSR count). The topological polar surface area (TPSA) is 46.2 Å². The summed E-state index contributed by atoms with van der Waals surface area (Å²) in [7, 11) is 0. The fourth-order valence-electron chi connectivity index (χ4n) is 1.63. The minimum Gasteiger partial charge on any atom is -0.346 e. The minimum atomic E-state index is -0.187. The van der Waals surface area contributed by atoms with Crippen molar-refractivity contribution in [2.45, 2.75) is 51.5 Å². The van der Waals surface area contributed by atoms with E-state index in [4.69, 9.17) is 0 Å². The van der Waals surface area contributed by atoms with Crippen molar-refractivity contribution in [3.05, 3.63) is 0 Å². The molecule has 1 saturated carbocycles. The molecule has 0 saturated heterocycles. The molecule has 0 bridgehead atoms. The van der Waals surface area contributed by atoms with Crippen LogP contribution in [0.4, 0.5) is 0 Å². The van der Waals surface area contributed by atoms with Crippen LogP contribution in [0.3, 0.4) is 0 Å². The molecule has 0 radical (unpaired) electrons. The van der Waals surface area contributed by atoms with Gasteiger partial charge in [0.25, 0.3) is 0 Å². The molecule has 0 aromatic carbocycles. The van der Waals surface area contributed by atoms with Crippen LogP contribution >= 0.6 is 0 Å². The first-order chi connectivity index (χ1) is 6.24. The summed E-state index contributed by atoms with van der Waals surface area (Å²) in [6, 6.07) is -0.187. The second kappa shape index (κ2) is 5.00. The highest BCUT2D eigenvalue weighted by atomic mass is 16.2. The zero-order chi connectivity index (χ0) is 9.68. The van der Waals surface area contributed by atoms with Crippen LogP contribution in [-0.2, 0) is 9.59 Å². The second-order valence-electron chi connectivity index (χ2n) is 3.58. The average Bonchev–Trinajstić information content (AvgIpc) is 2.09. The van der Waals surface area contributed by atoms with E-state index in [9.17, 15) is 9.59 Å². The van der Waals surface area contributed by atoms with Crippen LogP contribution in [0, 0.1) is 0 Å². The van der Waals surface area contributed by atoms with Crippen LogP contribution in [0.25, 0.3) is 0 Å². The van der Waals surface area contributed by atoms with Gasteiger partial charge in [0.15, 0.2) is 5.78 Å². The molecule has 74 valence electrons. The number of ketones is 1. The SMILES string of the molecule is CCCC(=O)NC1CCCCC1=O. The van der Waals surface area contributed by atoms with E-state index in [1.807, 2.05) is 6.92 Å². The third-order valence-corrected chi connectivity index (χ3v) is 2.37. The van der Waals surface area contributed by atoms with Gasteiger partial charge in [-0.2, -0.15) is 0 Å². The Kier molecular flexibility index (Phi) is 3.93. The van der Waals surface area contributed by atoms with Gasteiger partial charge in [-0.05, 0) is 19.3 Å². The molecule has 0 aromatic heterocycles. The van der Waals surface area contributed by atoms with Crippen molar-refractivity contribution in [1.29, 1.82) is 0 Å². The first-order valence-corrected chi connectivity index (χ1v) is 5.06. The summed E-state index contributed by atoms with van der Waals surface area (Å²) < 4.78 is 0. The molecule has 0 aromatic rings. The molecule has 3 heteroatoms. The number of amides is 1. The van der Waals surface area contributed by atoms with E-state index in [1.54, 1.807) is 0 Å². The molecule has 13 heavy (non-hydrogen) atoms. The van der Waals surface area contributed by atoms with Crippen LogP contribution in [0.1, 0.15) is 45.4 Å². The van der Waals surface area contributed by atoms with E-state index in [2.05, 4.69) is 5.32 Å². The lowest BCUT2D eigenvalue weighted by Gasteiger charge is -2.21. The monoisotopic (exact) mass is 183 g/mol. The highest BCUT2D eigenvalue weighted by Gasteiger charge is 2.22. The molecule has 0 aliphatic heterocycles. The Morgan fingerprint density at radius 3 is 2.92 bits per heavy atom. The molecule has 0 spiro atoms. The fraction of sp³-hybridized carbons (Fsp3) is 0.800. The minimum absolute atomic E-state index is 0.0164. The Balaban J connectivity index is 2.33. The molecular weight excluding hydrogens is 166 g/mol. The molecule has 1 amide bonds. The molecule has 1 N–H and O–H groups in total. The van der Waals surface area contributed by atoms with Gasteiger partial charge in [-0.1, -0.05) is 13.3 Å². The van der Waals surface area contributed by atoms with Gasteiger partial charge < -0.3 is 5.32 Å². The first-order valence-electron chi connectivity index (χ1n) is 5.06. The smallest absolute Gasteiger partial charge is 0.220 e. The van der Waals surface area contributed by atoms with Gasteiger partial charge in [0.2, 0.25) is 5.91 Å². The number of rotatable bonds is 3. The number of nitrogens with one attached hydrogen (secondary N) is 1. The Labute approximate surface area is 78.9 Å². The van der Waals surface area contributed by atoms with Gasteiger partial charge in [0.1, 0.15) is 0 Å².